The number of aliphatic hydroxyl groups excluding tert-OH is 1. The molecular weight excluding hydrogens is 268 g/mol. The number of aliphatic hydroxyl groups is 1. The minimum atomic E-state index is -0.384. The molecule has 2 aliphatic rings. The van der Waals surface area contributed by atoms with Gasteiger partial charge in [0.1, 0.15) is 17.5 Å². The van der Waals surface area contributed by atoms with Gasteiger partial charge < -0.3 is 9.99 Å². The first-order valence-corrected chi connectivity index (χ1v) is 6.90. The molecule has 0 saturated heterocycles. The van der Waals surface area contributed by atoms with Gasteiger partial charge in [-0.15, -0.1) is 0 Å². The Morgan fingerprint density at radius 2 is 2.14 bits per heavy atom. The van der Waals surface area contributed by atoms with Crippen molar-refractivity contribution in [3.8, 4) is 5.75 Å². The number of azo groups is 1. The van der Waals surface area contributed by atoms with Crippen LogP contribution >= 0.6 is 0 Å². The van der Waals surface area contributed by atoms with Gasteiger partial charge in [-0.2, -0.15) is 10.2 Å². The van der Waals surface area contributed by atoms with E-state index in [1.54, 1.807) is 18.2 Å². The van der Waals surface area contributed by atoms with Gasteiger partial charge in [-0.1, -0.05) is 30.4 Å². The maximum absolute atomic E-state index is 9.77. The summed E-state index contributed by atoms with van der Waals surface area (Å²) in [5.41, 5.74) is 2.55. The van der Waals surface area contributed by atoms with E-state index in [0.29, 0.717) is 12.1 Å². The predicted molar refractivity (Wildman–Crippen MR) is 79.8 cm³/mol. The summed E-state index contributed by atoms with van der Waals surface area (Å²) in [6.07, 6.45) is 11.9. The average Bonchev–Trinajstić information content (AvgIpc) is 2.53. The van der Waals surface area contributed by atoms with Gasteiger partial charge in [0, 0.05) is 5.56 Å². The first-order valence-electron chi connectivity index (χ1n) is 6.90. The second-order valence-electron chi connectivity index (χ2n) is 5.00. The van der Waals surface area contributed by atoms with Crippen LogP contribution in [0.25, 0.3) is 6.08 Å². The summed E-state index contributed by atoms with van der Waals surface area (Å²) in [6.45, 7) is 0. The SMILES string of the molecule is OOc1ccc2c(c1/N=N/C1CC=CC=C1O)C=CCC2. The molecule has 3 rings (SSSR count). The third-order valence-corrected chi connectivity index (χ3v) is 3.63. The minimum absolute atomic E-state index is 0.188. The van der Waals surface area contributed by atoms with Gasteiger partial charge in [0.05, 0.1) is 0 Å². The quantitative estimate of drug-likeness (QED) is 0.492. The van der Waals surface area contributed by atoms with Crippen molar-refractivity contribution in [2.45, 2.75) is 25.3 Å². The molecule has 0 amide bonds. The van der Waals surface area contributed by atoms with Gasteiger partial charge >= 0.3 is 0 Å². The maximum Gasteiger partial charge on any atom is 0.193 e. The molecule has 5 heteroatoms. The molecule has 0 saturated carbocycles. The molecule has 0 bridgehead atoms. The number of rotatable bonds is 3. The average molecular weight is 284 g/mol. The fraction of sp³-hybridized carbons (Fsp3) is 0.250. The first kappa shape index (κ1) is 13.6. The fourth-order valence-electron chi connectivity index (χ4n) is 2.49. The van der Waals surface area contributed by atoms with Crippen LogP contribution < -0.4 is 4.89 Å². The third kappa shape index (κ3) is 2.73. The molecule has 2 aliphatic carbocycles. The Labute approximate surface area is 122 Å². The smallest absolute Gasteiger partial charge is 0.193 e. The molecule has 0 heterocycles. The molecule has 0 fully saturated rings. The zero-order valence-corrected chi connectivity index (χ0v) is 11.4. The van der Waals surface area contributed by atoms with Gasteiger partial charge in [0.15, 0.2) is 5.75 Å². The highest BCUT2D eigenvalue weighted by Crippen LogP contribution is 2.37. The van der Waals surface area contributed by atoms with E-state index >= 15 is 0 Å². The Morgan fingerprint density at radius 1 is 1.24 bits per heavy atom. The predicted octanol–water partition coefficient (Wildman–Crippen LogP) is 4.35. The van der Waals surface area contributed by atoms with Crippen LogP contribution in [0.1, 0.15) is 24.0 Å². The number of hydrogen-bond acceptors (Lipinski definition) is 5. The van der Waals surface area contributed by atoms with Crippen LogP contribution in [0.2, 0.25) is 0 Å². The van der Waals surface area contributed by atoms with E-state index in [4.69, 9.17) is 5.26 Å². The first-order chi connectivity index (χ1) is 10.3. The van der Waals surface area contributed by atoms with E-state index in [9.17, 15) is 5.11 Å². The van der Waals surface area contributed by atoms with Crippen LogP contribution in [0.4, 0.5) is 5.69 Å². The number of nitrogens with zero attached hydrogens (tertiary/aromatic N) is 2. The molecule has 108 valence electrons. The summed E-state index contributed by atoms with van der Waals surface area (Å²) >= 11 is 0. The summed E-state index contributed by atoms with van der Waals surface area (Å²) in [6, 6.07) is 3.22. The van der Waals surface area contributed by atoms with Crippen molar-refractivity contribution < 1.29 is 15.3 Å². The largest absolute Gasteiger partial charge is 0.510 e. The van der Waals surface area contributed by atoms with Gasteiger partial charge in [-0.3, -0.25) is 0 Å². The zero-order valence-electron chi connectivity index (χ0n) is 11.4. The summed E-state index contributed by atoms with van der Waals surface area (Å²) in [7, 11) is 0. The molecule has 1 aromatic carbocycles. The Kier molecular flexibility index (Phi) is 3.83. The number of hydrogen-bond donors (Lipinski definition) is 2. The third-order valence-electron chi connectivity index (χ3n) is 3.63. The highest BCUT2D eigenvalue weighted by atomic mass is 17.1. The van der Waals surface area contributed by atoms with E-state index in [-0.39, 0.29) is 17.6 Å². The second kappa shape index (κ2) is 5.93. The van der Waals surface area contributed by atoms with Crippen LogP contribution in [-0.4, -0.2) is 16.4 Å². The van der Waals surface area contributed by atoms with Crippen molar-refractivity contribution in [1.29, 1.82) is 0 Å². The van der Waals surface area contributed by atoms with Crippen molar-refractivity contribution in [2.75, 3.05) is 0 Å². The Balaban J connectivity index is 1.96. The monoisotopic (exact) mass is 284 g/mol. The van der Waals surface area contributed by atoms with Crippen LogP contribution in [0.3, 0.4) is 0 Å². The summed E-state index contributed by atoms with van der Waals surface area (Å²) in [5.74, 6) is 0.451. The molecule has 0 aliphatic heterocycles. The molecule has 21 heavy (non-hydrogen) atoms. The van der Waals surface area contributed by atoms with Crippen LogP contribution in [0, 0.1) is 0 Å². The lowest BCUT2D eigenvalue weighted by Crippen LogP contribution is -2.08. The summed E-state index contributed by atoms with van der Waals surface area (Å²) in [4.78, 5) is 4.40. The Hall–Kier alpha value is -2.40. The molecule has 1 atom stereocenters. The molecule has 1 aromatic rings. The molecule has 0 aromatic heterocycles. The van der Waals surface area contributed by atoms with E-state index in [1.807, 2.05) is 18.2 Å². The van der Waals surface area contributed by atoms with Crippen molar-refractivity contribution >= 4 is 11.8 Å². The van der Waals surface area contributed by atoms with Gasteiger partial charge in [0.25, 0.3) is 0 Å². The standard InChI is InChI=1S/C16H16N2O3/c19-14-8-4-3-7-13(14)17-18-16-12-6-2-1-5-11(12)9-10-15(16)21-20/h2-4,6,8-10,13,19-20H,1,5,7H2/b18-17+. The normalized spacial score (nSPS) is 20.4. The highest BCUT2D eigenvalue weighted by molar-refractivity contribution is 5.73. The van der Waals surface area contributed by atoms with Crippen LogP contribution in [0.5, 0.6) is 5.75 Å². The summed E-state index contributed by atoms with van der Waals surface area (Å²) in [5, 5.41) is 27.2. The Bertz CT molecular complexity index is 660. The highest BCUT2D eigenvalue weighted by Gasteiger charge is 2.17. The van der Waals surface area contributed by atoms with E-state index in [2.05, 4.69) is 21.2 Å². The van der Waals surface area contributed by atoms with Crippen molar-refractivity contribution in [3.63, 3.8) is 0 Å². The molecule has 2 N–H and O–H groups in total. The number of fused-ring (bicyclic) bond motifs is 1. The van der Waals surface area contributed by atoms with E-state index in [1.165, 1.54) is 0 Å². The van der Waals surface area contributed by atoms with E-state index in [0.717, 1.165) is 24.0 Å². The second-order valence-corrected chi connectivity index (χ2v) is 5.00. The summed E-state index contributed by atoms with van der Waals surface area (Å²) < 4.78 is 0. The van der Waals surface area contributed by atoms with Gasteiger partial charge in [-0.25, -0.2) is 5.26 Å². The number of benzene rings is 1. The van der Waals surface area contributed by atoms with Gasteiger partial charge in [0.2, 0.25) is 0 Å². The lowest BCUT2D eigenvalue weighted by molar-refractivity contribution is -0.137. The maximum atomic E-state index is 9.77. The van der Waals surface area contributed by atoms with Crippen LogP contribution in [0.15, 0.2) is 52.4 Å². The Morgan fingerprint density at radius 3 is 2.95 bits per heavy atom. The topological polar surface area (TPSA) is 74.4 Å². The van der Waals surface area contributed by atoms with E-state index < -0.39 is 0 Å². The number of aryl methyl sites for hydroxylation is 1. The minimum Gasteiger partial charge on any atom is -0.510 e. The zero-order chi connectivity index (χ0) is 14.7. The van der Waals surface area contributed by atoms with Crippen molar-refractivity contribution in [3.05, 3.63) is 53.3 Å². The molecule has 0 spiro atoms. The fourth-order valence-corrected chi connectivity index (χ4v) is 2.49. The molecule has 1 unspecified atom stereocenters. The van der Waals surface area contributed by atoms with Crippen LogP contribution in [-0.2, 0) is 6.42 Å². The lowest BCUT2D eigenvalue weighted by Gasteiger charge is -2.15. The van der Waals surface area contributed by atoms with Gasteiger partial charge in [-0.05, 0) is 37.0 Å². The molecule has 0 radical (unpaired) electrons. The molecule has 5 nitrogen and oxygen atoms in total. The number of allylic oxidation sites excluding steroid dienone is 3. The van der Waals surface area contributed by atoms with Crippen molar-refractivity contribution in [2.24, 2.45) is 10.2 Å². The van der Waals surface area contributed by atoms with Crippen molar-refractivity contribution in [1.82, 2.24) is 0 Å². The molecular formula is C16H16N2O3. The lowest BCUT2D eigenvalue weighted by atomic mass is 9.95.